The van der Waals surface area contributed by atoms with Crippen LogP contribution >= 0.6 is 23.2 Å². The van der Waals surface area contributed by atoms with Crippen LogP contribution in [0.1, 0.15) is 5.56 Å². The summed E-state index contributed by atoms with van der Waals surface area (Å²) in [5, 5.41) is 1.38. The van der Waals surface area contributed by atoms with Gasteiger partial charge in [0, 0.05) is 55.4 Å². The van der Waals surface area contributed by atoms with Gasteiger partial charge in [-0.25, -0.2) is 0 Å². The molecule has 0 saturated carbocycles. The van der Waals surface area contributed by atoms with Crippen LogP contribution in [-0.4, -0.2) is 55.6 Å². The van der Waals surface area contributed by atoms with E-state index < -0.39 is 0 Å². The topological polar surface area (TPSA) is 32.8 Å². The summed E-state index contributed by atoms with van der Waals surface area (Å²) in [4.78, 5) is 15.8. The summed E-state index contributed by atoms with van der Waals surface area (Å²) in [6, 6.07) is 5.54. The average Bonchev–Trinajstić information content (AvgIpc) is 2.44. The van der Waals surface area contributed by atoms with Gasteiger partial charge in [-0.15, -0.1) is 0 Å². The third kappa shape index (κ3) is 3.85. The molecule has 0 aromatic heterocycles. The number of nitrogens with zero attached hydrogens (tertiary/aromatic N) is 2. The molecule has 0 radical (unpaired) electrons. The Hall–Kier alpha value is -0.810. The molecule has 0 unspecified atom stereocenters. The number of ether oxygens (including phenoxy) is 1. The minimum absolute atomic E-state index is 0.0444. The van der Waals surface area contributed by atoms with Gasteiger partial charge in [0.05, 0.1) is 0 Å². The van der Waals surface area contributed by atoms with E-state index in [1.54, 1.807) is 0 Å². The average molecular weight is 317 g/mol. The maximum Gasteiger partial charge on any atom is 0.248 e. The second-order valence-electron chi connectivity index (χ2n) is 4.79. The summed E-state index contributed by atoms with van der Waals surface area (Å²) in [6.45, 7) is 3.92. The SMILES string of the molecule is COCC(=O)N1CCN(Cc2c(Cl)cccc2Cl)CC1. The molecule has 0 aliphatic carbocycles. The van der Waals surface area contributed by atoms with Gasteiger partial charge in [0.25, 0.3) is 0 Å². The van der Waals surface area contributed by atoms with Gasteiger partial charge in [0.15, 0.2) is 0 Å². The lowest BCUT2D eigenvalue weighted by Crippen LogP contribution is -2.49. The van der Waals surface area contributed by atoms with Crippen molar-refractivity contribution in [3.63, 3.8) is 0 Å². The first-order valence-corrected chi connectivity index (χ1v) is 7.29. The molecule has 1 amide bonds. The number of amides is 1. The molecular weight excluding hydrogens is 299 g/mol. The van der Waals surface area contributed by atoms with Gasteiger partial charge < -0.3 is 9.64 Å². The highest BCUT2D eigenvalue weighted by molar-refractivity contribution is 6.35. The van der Waals surface area contributed by atoms with E-state index in [2.05, 4.69) is 4.90 Å². The Balaban J connectivity index is 1.90. The molecule has 20 heavy (non-hydrogen) atoms. The molecule has 0 N–H and O–H groups in total. The zero-order chi connectivity index (χ0) is 14.5. The lowest BCUT2D eigenvalue weighted by Gasteiger charge is -2.34. The van der Waals surface area contributed by atoms with E-state index in [1.807, 2.05) is 23.1 Å². The lowest BCUT2D eigenvalue weighted by atomic mass is 10.2. The normalized spacial score (nSPS) is 16.4. The molecule has 1 aromatic carbocycles. The Bertz CT molecular complexity index is 454. The fraction of sp³-hybridized carbons (Fsp3) is 0.500. The van der Waals surface area contributed by atoms with Crippen LogP contribution in [0.5, 0.6) is 0 Å². The molecule has 1 heterocycles. The van der Waals surface area contributed by atoms with Gasteiger partial charge in [0.2, 0.25) is 5.91 Å². The molecule has 4 nitrogen and oxygen atoms in total. The minimum atomic E-state index is 0.0444. The zero-order valence-corrected chi connectivity index (χ0v) is 13.0. The Labute approximate surface area is 129 Å². The van der Waals surface area contributed by atoms with Crippen LogP contribution in [0.2, 0.25) is 10.0 Å². The molecule has 6 heteroatoms. The van der Waals surface area contributed by atoms with E-state index >= 15 is 0 Å². The molecule has 1 aliphatic rings. The number of benzene rings is 1. The van der Waals surface area contributed by atoms with Crippen molar-refractivity contribution in [1.82, 2.24) is 9.80 Å². The number of carbonyl (C=O) groups excluding carboxylic acids is 1. The number of methoxy groups -OCH3 is 1. The third-order valence-electron chi connectivity index (χ3n) is 3.44. The van der Waals surface area contributed by atoms with Crippen molar-refractivity contribution in [2.24, 2.45) is 0 Å². The lowest BCUT2D eigenvalue weighted by molar-refractivity contribution is -0.136. The highest BCUT2D eigenvalue weighted by atomic mass is 35.5. The maximum absolute atomic E-state index is 11.7. The van der Waals surface area contributed by atoms with Crippen LogP contribution in [0.4, 0.5) is 0 Å². The van der Waals surface area contributed by atoms with E-state index in [1.165, 1.54) is 7.11 Å². The second-order valence-corrected chi connectivity index (χ2v) is 5.60. The predicted octanol–water partition coefficient (Wildman–Crippen LogP) is 2.28. The molecule has 1 aliphatic heterocycles. The molecule has 110 valence electrons. The molecular formula is C14H18Cl2N2O2. The number of carbonyl (C=O) groups is 1. The Morgan fingerprint density at radius 1 is 1.20 bits per heavy atom. The van der Waals surface area contributed by atoms with Gasteiger partial charge in [-0.1, -0.05) is 29.3 Å². The number of hydrogen-bond donors (Lipinski definition) is 0. The van der Waals surface area contributed by atoms with E-state index in [0.717, 1.165) is 18.7 Å². The molecule has 0 spiro atoms. The predicted molar refractivity (Wildman–Crippen MR) is 80.2 cm³/mol. The number of piperazine rings is 1. The first kappa shape index (κ1) is 15.6. The van der Waals surface area contributed by atoms with Crippen LogP contribution in [0, 0.1) is 0 Å². The molecule has 0 atom stereocenters. The van der Waals surface area contributed by atoms with Crippen LogP contribution in [-0.2, 0) is 16.1 Å². The van der Waals surface area contributed by atoms with Crippen molar-refractivity contribution in [2.75, 3.05) is 39.9 Å². The maximum atomic E-state index is 11.7. The Morgan fingerprint density at radius 3 is 2.35 bits per heavy atom. The van der Waals surface area contributed by atoms with Crippen molar-refractivity contribution in [2.45, 2.75) is 6.54 Å². The zero-order valence-electron chi connectivity index (χ0n) is 11.4. The van der Waals surface area contributed by atoms with Gasteiger partial charge in [-0.05, 0) is 12.1 Å². The third-order valence-corrected chi connectivity index (χ3v) is 4.14. The Morgan fingerprint density at radius 2 is 1.80 bits per heavy atom. The molecule has 0 bridgehead atoms. The van der Waals surface area contributed by atoms with E-state index in [-0.39, 0.29) is 12.5 Å². The molecule has 1 saturated heterocycles. The van der Waals surface area contributed by atoms with Crippen molar-refractivity contribution >= 4 is 29.1 Å². The van der Waals surface area contributed by atoms with Crippen molar-refractivity contribution in [3.05, 3.63) is 33.8 Å². The van der Waals surface area contributed by atoms with Gasteiger partial charge in [0.1, 0.15) is 6.61 Å². The van der Waals surface area contributed by atoms with E-state index in [4.69, 9.17) is 27.9 Å². The van der Waals surface area contributed by atoms with Gasteiger partial charge >= 0.3 is 0 Å². The highest BCUT2D eigenvalue weighted by Crippen LogP contribution is 2.26. The number of halogens is 2. The second kappa shape index (κ2) is 7.27. The molecule has 2 rings (SSSR count). The monoisotopic (exact) mass is 316 g/mol. The van der Waals surface area contributed by atoms with Crippen LogP contribution < -0.4 is 0 Å². The van der Waals surface area contributed by atoms with Crippen molar-refractivity contribution < 1.29 is 9.53 Å². The van der Waals surface area contributed by atoms with E-state index in [0.29, 0.717) is 29.7 Å². The van der Waals surface area contributed by atoms with Crippen LogP contribution in [0.15, 0.2) is 18.2 Å². The minimum Gasteiger partial charge on any atom is -0.375 e. The fourth-order valence-electron chi connectivity index (χ4n) is 2.28. The number of rotatable bonds is 4. The standard InChI is InChI=1S/C14H18Cl2N2O2/c1-20-10-14(19)18-7-5-17(6-8-18)9-11-12(15)3-2-4-13(11)16/h2-4H,5-10H2,1H3. The fourth-order valence-corrected chi connectivity index (χ4v) is 2.79. The quantitative estimate of drug-likeness (QED) is 0.854. The van der Waals surface area contributed by atoms with Crippen LogP contribution in [0.3, 0.4) is 0 Å². The number of hydrogen-bond acceptors (Lipinski definition) is 3. The summed E-state index contributed by atoms with van der Waals surface area (Å²) < 4.78 is 4.87. The first-order chi connectivity index (χ1) is 9.61. The summed E-state index contributed by atoms with van der Waals surface area (Å²) in [5.41, 5.74) is 0.951. The highest BCUT2D eigenvalue weighted by Gasteiger charge is 2.21. The van der Waals surface area contributed by atoms with Gasteiger partial charge in [-0.2, -0.15) is 0 Å². The van der Waals surface area contributed by atoms with Crippen molar-refractivity contribution in [1.29, 1.82) is 0 Å². The smallest absolute Gasteiger partial charge is 0.248 e. The summed E-state index contributed by atoms with van der Waals surface area (Å²) in [6.07, 6.45) is 0. The van der Waals surface area contributed by atoms with Crippen molar-refractivity contribution in [3.8, 4) is 0 Å². The summed E-state index contributed by atoms with van der Waals surface area (Å²) >= 11 is 12.4. The summed E-state index contributed by atoms with van der Waals surface area (Å²) in [5.74, 6) is 0.0444. The van der Waals surface area contributed by atoms with Gasteiger partial charge in [-0.3, -0.25) is 9.69 Å². The first-order valence-electron chi connectivity index (χ1n) is 6.53. The Kier molecular flexibility index (Phi) is 5.66. The largest absolute Gasteiger partial charge is 0.375 e. The molecule has 1 aromatic rings. The molecule has 1 fully saturated rings. The van der Waals surface area contributed by atoms with Crippen LogP contribution in [0.25, 0.3) is 0 Å². The summed E-state index contributed by atoms with van der Waals surface area (Å²) in [7, 11) is 1.54. The van der Waals surface area contributed by atoms with E-state index in [9.17, 15) is 4.79 Å².